The fourth-order valence-corrected chi connectivity index (χ4v) is 3.74. The molecule has 1 unspecified atom stereocenters. The van der Waals surface area contributed by atoms with E-state index in [0.29, 0.717) is 18.1 Å². The molecule has 1 aliphatic rings. The molecule has 1 fully saturated rings. The first-order valence-electron chi connectivity index (χ1n) is 6.00. The van der Waals surface area contributed by atoms with E-state index < -0.39 is 15.6 Å². The van der Waals surface area contributed by atoms with Crippen molar-refractivity contribution in [3.63, 3.8) is 0 Å². The molecule has 0 radical (unpaired) electrons. The van der Waals surface area contributed by atoms with Crippen LogP contribution < -0.4 is 0 Å². The van der Waals surface area contributed by atoms with E-state index in [1.165, 1.54) is 0 Å². The van der Waals surface area contributed by atoms with E-state index in [2.05, 4.69) is 0 Å². The first kappa shape index (κ1) is 13.5. The van der Waals surface area contributed by atoms with Crippen LogP contribution in [0, 0.1) is 5.92 Å². The Morgan fingerprint density at radius 2 is 1.78 bits per heavy atom. The molecule has 0 N–H and O–H groups in total. The smallest absolute Gasteiger partial charge is 0.178 e. The molecular formula is C13H18O4S. The van der Waals surface area contributed by atoms with E-state index in [4.69, 9.17) is 9.47 Å². The molecule has 0 amide bonds. The summed E-state index contributed by atoms with van der Waals surface area (Å²) in [5.41, 5.74) is 0. The van der Waals surface area contributed by atoms with E-state index in [0.717, 1.165) is 0 Å². The van der Waals surface area contributed by atoms with Gasteiger partial charge in [0.1, 0.15) is 0 Å². The summed E-state index contributed by atoms with van der Waals surface area (Å²) in [6.45, 7) is 4.68. The van der Waals surface area contributed by atoms with Crippen LogP contribution in [0.25, 0.3) is 0 Å². The minimum atomic E-state index is -3.30. The standard InChI is InChI=1S/C13H18O4S/c1-11(13(2)16-8-9-17-13)10-18(14,15)12-6-4-3-5-7-12/h3-7,11H,8-10H2,1-2H3. The van der Waals surface area contributed by atoms with Crippen LogP contribution in [0.4, 0.5) is 0 Å². The highest BCUT2D eigenvalue weighted by atomic mass is 32.2. The third-order valence-electron chi connectivity index (χ3n) is 3.33. The first-order chi connectivity index (χ1) is 8.44. The van der Waals surface area contributed by atoms with Crippen molar-refractivity contribution < 1.29 is 17.9 Å². The summed E-state index contributed by atoms with van der Waals surface area (Å²) in [6.07, 6.45) is 0. The molecular weight excluding hydrogens is 252 g/mol. The number of hydrogen-bond acceptors (Lipinski definition) is 4. The van der Waals surface area contributed by atoms with E-state index in [9.17, 15) is 8.42 Å². The molecule has 1 aromatic rings. The average molecular weight is 270 g/mol. The van der Waals surface area contributed by atoms with Crippen molar-refractivity contribution in [3.05, 3.63) is 30.3 Å². The molecule has 1 aromatic carbocycles. The van der Waals surface area contributed by atoms with Crippen molar-refractivity contribution in [1.29, 1.82) is 0 Å². The Balaban J connectivity index is 2.14. The van der Waals surface area contributed by atoms with Crippen molar-refractivity contribution in [2.75, 3.05) is 19.0 Å². The average Bonchev–Trinajstić information content (AvgIpc) is 2.78. The molecule has 2 rings (SSSR count). The Labute approximate surface area is 108 Å². The van der Waals surface area contributed by atoms with Crippen LogP contribution in [0.1, 0.15) is 13.8 Å². The summed E-state index contributed by atoms with van der Waals surface area (Å²) in [4.78, 5) is 0.346. The minimum absolute atomic E-state index is 0.0213. The van der Waals surface area contributed by atoms with Crippen LogP contribution in [0.5, 0.6) is 0 Å². The molecule has 4 nitrogen and oxygen atoms in total. The molecule has 0 saturated carbocycles. The fraction of sp³-hybridized carbons (Fsp3) is 0.538. The lowest BCUT2D eigenvalue weighted by Gasteiger charge is -2.29. The van der Waals surface area contributed by atoms with Gasteiger partial charge in [-0.05, 0) is 19.1 Å². The molecule has 5 heteroatoms. The quantitative estimate of drug-likeness (QED) is 0.838. The third kappa shape index (κ3) is 2.74. The Bertz CT molecular complexity index is 489. The zero-order valence-corrected chi connectivity index (χ0v) is 11.4. The lowest BCUT2D eigenvalue weighted by atomic mass is 10.1. The van der Waals surface area contributed by atoms with Gasteiger partial charge in [-0.1, -0.05) is 25.1 Å². The highest BCUT2D eigenvalue weighted by molar-refractivity contribution is 7.91. The molecule has 0 spiro atoms. The van der Waals surface area contributed by atoms with Gasteiger partial charge in [-0.2, -0.15) is 0 Å². The fourth-order valence-electron chi connectivity index (χ4n) is 2.02. The van der Waals surface area contributed by atoms with Gasteiger partial charge in [-0.15, -0.1) is 0 Å². The Morgan fingerprint density at radius 1 is 1.22 bits per heavy atom. The number of hydrogen-bond donors (Lipinski definition) is 0. The Morgan fingerprint density at radius 3 is 2.33 bits per heavy atom. The molecule has 100 valence electrons. The predicted molar refractivity (Wildman–Crippen MR) is 68.0 cm³/mol. The second-order valence-electron chi connectivity index (χ2n) is 4.71. The summed E-state index contributed by atoms with van der Waals surface area (Å²) in [5.74, 6) is -0.986. The van der Waals surface area contributed by atoms with Gasteiger partial charge in [-0.25, -0.2) is 8.42 Å². The molecule has 1 atom stereocenters. The van der Waals surface area contributed by atoms with Crippen molar-refractivity contribution >= 4 is 9.84 Å². The highest BCUT2D eigenvalue weighted by Crippen LogP contribution is 2.29. The zero-order valence-electron chi connectivity index (χ0n) is 10.6. The van der Waals surface area contributed by atoms with E-state index >= 15 is 0 Å². The molecule has 18 heavy (non-hydrogen) atoms. The SMILES string of the molecule is CC(CS(=O)(=O)c1ccccc1)C1(C)OCCO1. The molecule has 1 heterocycles. The summed E-state index contributed by atoms with van der Waals surface area (Å²) in [6, 6.07) is 8.47. The van der Waals surface area contributed by atoms with Gasteiger partial charge in [-0.3, -0.25) is 0 Å². The van der Waals surface area contributed by atoms with Crippen LogP contribution >= 0.6 is 0 Å². The van der Waals surface area contributed by atoms with Crippen LogP contribution in [-0.4, -0.2) is 33.2 Å². The lowest BCUT2D eigenvalue weighted by Crippen LogP contribution is -2.38. The van der Waals surface area contributed by atoms with Crippen LogP contribution in [0.15, 0.2) is 35.2 Å². The second kappa shape index (κ2) is 4.99. The molecule has 1 saturated heterocycles. The van der Waals surface area contributed by atoms with Crippen molar-refractivity contribution in [2.24, 2.45) is 5.92 Å². The van der Waals surface area contributed by atoms with Gasteiger partial charge >= 0.3 is 0 Å². The Hall–Kier alpha value is -0.910. The van der Waals surface area contributed by atoms with Gasteiger partial charge in [0.05, 0.1) is 23.9 Å². The van der Waals surface area contributed by atoms with Crippen molar-refractivity contribution in [3.8, 4) is 0 Å². The highest BCUT2D eigenvalue weighted by Gasteiger charge is 2.39. The second-order valence-corrected chi connectivity index (χ2v) is 6.74. The van der Waals surface area contributed by atoms with Gasteiger partial charge in [0.25, 0.3) is 0 Å². The van der Waals surface area contributed by atoms with Gasteiger partial charge in [0, 0.05) is 5.92 Å². The summed E-state index contributed by atoms with van der Waals surface area (Å²) in [7, 11) is -3.30. The summed E-state index contributed by atoms with van der Waals surface area (Å²) < 4.78 is 35.5. The monoisotopic (exact) mass is 270 g/mol. The van der Waals surface area contributed by atoms with Crippen molar-refractivity contribution in [2.45, 2.75) is 24.5 Å². The Kier molecular flexibility index (Phi) is 3.75. The third-order valence-corrected chi connectivity index (χ3v) is 5.26. The van der Waals surface area contributed by atoms with Gasteiger partial charge < -0.3 is 9.47 Å². The van der Waals surface area contributed by atoms with Crippen LogP contribution in [-0.2, 0) is 19.3 Å². The number of rotatable bonds is 4. The number of ether oxygens (including phenoxy) is 2. The normalized spacial score (nSPS) is 20.8. The number of benzene rings is 1. The summed E-state index contributed by atoms with van der Waals surface area (Å²) in [5, 5.41) is 0. The predicted octanol–water partition coefficient (Wildman–Crippen LogP) is 1.86. The molecule has 1 aliphatic heterocycles. The molecule has 0 aromatic heterocycles. The van der Waals surface area contributed by atoms with Gasteiger partial charge in [0.2, 0.25) is 0 Å². The van der Waals surface area contributed by atoms with E-state index in [1.807, 2.05) is 6.92 Å². The van der Waals surface area contributed by atoms with Gasteiger partial charge in [0.15, 0.2) is 15.6 Å². The maximum Gasteiger partial charge on any atom is 0.178 e. The maximum atomic E-state index is 12.2. The summed E-state index contributed by atoms with van der Waals surface area (Å²) >= 11 is 0. The maximum absolute atomic E-state index is 12.2. The topological polar surface area (TPSA) is 52.6 Å². The van der Waals surface area contributed by atoms with E-state index in [-0.39, 0.29) is 11.7 Å². The van der Waals surface area contributed by atoms with Crippen LogP contribution in [0.3, 0.4) is 0 Å². The minimum Gasteiger partial charge on any atom is -0.348 e. The first-order valence-corrected chi connectivity index (χ1v) is 7.65. The molecule has 0 aliphatic carbocycles. The van der Waals surface area contributed by atoms with Crippen LogP contribution in [0.2, 0.25) is 0 Å². The number of sulfone groups is 1. The van der Waals surface area contributed by atoms with Crippen molar-refractivity contribution in [1.82, 2.24) is 0 Å². The lowest BCUT2D eigenvalue weighted by molar-refractivity contribution is -0.171. The van der Waals surface area contributed by atoms with E-state index in [1.54, 1.807) is 37.3 Å². The zero-order chi connectivity index (χ0) is 13.2. The molecule has 0 bridgehead atoms. The largest absolute Gasteiger partial charge is 0.348 e.